The first-order valence-corrected chi connectivity index (χ1v) is 5.53. The predicted molar refractivity (Wildman–Crippen MR) is 61.3 cm³/mol. The van der Waals surface area contributed by atoms with Gasteiger partial charge in [-0.25, -0.2) is 0 Å². The first-order chi connectivity index (χ1) is 6.93. The number of ketones is 1. The second-order valence-electron chi connectivity index (χ2n) is 4.57. The van der Waals surface area contributed by atoms with Gasteiger partial charge in [0.15, 0.2) is 5.78 Å². The third-order valence-corrected chi connectivity index (χ3v) is 2.79. The third kappa shape index (κ3) is 2.71. The van der Waals surface area contributed by atoms with Crippen molar-refractivity contribution in [3.63, 3.8) is 0 Å². The largest absolute Gasteiger partial charge is 0.466 e. The maximum absolute atomic E-state index is 11.9. The Morgan fingerprint density at radius 1 is 1.20 bits per heavy atom. The van der Waals surface area contributed by atoms with E-state index in [9.17, 15) is 4.79 Å². The lowest BCUT2D eigenvalue weighted by atomic mass is 9.99. The Morgan fingerprint density at radius 3 is 2.20 bits per heavy atom. The third-order valence-electron chi connectivity index (χ3n) is 2.79. The van der Waals surface area contributed by atoms with Crippen molar-refractivity contribution in [2.24, 2.45) is 5.92 Å². The molecule has 15 heavy (non-hydrogen) atoms. The molecule has 0 amide bonds. The normalized spacial score (nSPS) is 11.1. The van der Waals surface area contributed by atoms with Crippen molar-refractivity contribution in [2.75, 3.05) is 0 Å². The van der Waals surface area contributed by atoms with E-state index in [4.69, 9.17) is 4.42 Å². The van der Waals surface area contributed by atoms with E-state index in [0.29, 0.717) is 12.3 Å². The monoisotopic (exact) mass is 208 g/mol. The molecule has 1 aromatic heterocycles. The van der Waals surface area contributed by atoms with Gasteiger partial charge in [-0.05, 0) is 33.1 Å². The number of carbonyl (C=O) groups excluding carboxylic acids is 1. The summed E-state index contributed by atoms with van der Waals surface area (Å²) in [7, 11) is 0. The van der Waals surface area contributed by atoms with Crippen molar-refractivity contribution in [1.82, 2.24) is 0 Å². The van der Waals surface area contributed by atoms with Crippen LogP contribution in [0, 0.1) is 26.7 Å². The molecule has 0 unspecified atom stereocenters. The van der Waals surface area contributed by atoms with Gasteiger partial charge in [0.2, 0.25) is 0 Å². The topological polar surface area (TPSA) is 30.2 Å². The standard InChI is InChI=1S/C13H20O2/c1-8(2)6-7-12(14)13-9(3)10(4)15-11(13)5/h8H,6-7H2,1-5H3. The first kappa shape index (κ1) is 12.0. The van der Waals surface area contributed by atoms with Crippen molar-refractivity contribution in [3.05, 3.63) is 22.6 Å². The van der Waals surface area contributed by atoms with Crippen LogP contribution in [-0.2, 0) is 0 Å². The van der Waals surface area contributed by atoms with E-state index in [1.54, 1.807) is 0 Å². The summed E-state index contributed by atoms with van der Waals surface area (Å²) in [6.45, 7) is 9.99. The highest BCUT2D eigenvalue weighted by Gasteiger charge is 2.18. The lowest BCUT2D eigenvalue weighted by Crippen LogP contribution is -2.03. The fourth-order valence-corrected chi connectivity index (χ4v) is 1.75. The second kappa shape index (κ2) is 4.65. The van der Waals surface area contributed by atoms with E-state index in [1.165, 1.54) is 0 Å². The van der Waals surface area contributed by atoms with Gasteiger partial charge >= 0.3 is 0 Å². The molecule has 2 heteroatoms. The zero-order valence-electron chi connectivity index (χ0n) is 10.3. The number of hydrogen-bond acceptors (Lipinski definition) is 2. The molecular weight excluding hydrogens is 188 g/mol. The summed E-state index contributed by atoms with van der Waals surface area (Å²) in [5.74, 6) is 2.41. The molecule has 0 fully saturated rings. The van der Waals surface area contributed by atoms with Crippen molar-refractivity contribution in [3.8, 4) is 0 Å². The molecule has 84 valence electrons. The van der Waals surface area contributed by atoms with Crippen LogP contribution in [-0.4, -0.2) is 5.78 Å². The molecule has 1 aromatic rings. The molecule has 0 saturated heterocycles. The zero-order valence-corrected chi connectivity index (χ0v) is 10.3. The number of Topliss-reactive ketones (excluding diaryl/α,β-unsaturated/α-hetero) is 1. The molecule has 1 heterocycles. The molecule has 0 aliphatic heterocycles. The van der Waals surface area contributed by atoms with Crippen LogP contribution >= 0.6 is 0 Å². The van der Waals surface area contributed by atoms with Crippen LogP contribution < -0.4 is 0 Å². The van der Waals surface area contributed by atoms with Crippen molar-refractivity contribution < 1.29 is 9.21 Å². The minimum Gasteiger partial charge on any atom is -0.466 e. The van der Waals surface area contributed by atoms with Gasteiger partial charge in [-0.1, -0.05) is 13.8 Å². The van der Waals surface area contributed by atoms with Gasteiger partial charge < -0.3 is 4.42 Å². The molecule has 2 nitrogen and oxygen atoms in total. The average Bonchev–Trinajstić information content (AvgIpc) is 2.37. The number of furan rings is 1. The highest BCUT2D eigenvalue weighted by Crippen LogP contribution is 2.23. The van der Waals surface area contributed by atoms with Crippen LogP contribution in [0.25, 0.3) is 0 Å². The molecule has 0 radical (unpaired) electrons. The Morgan fingerprint density at radius 2 is 1.80 bits per heavy atom. The van der Waals surface area contributed by atoms with E-state index in [-0.39, 0.29) is 5.78 Å². The Kier molecular flexibility index (Phi) is 3.72. The quantitative estimate of drug-likeness (QED) is 0.704. The first-order valence-electron chi connectivity index (χ1n) is 5.53. The van der Waals surface area contributed by atoms with Crippen LogP contribution in [0.3, 0.4) is 0 Å². The summed E-state index contributed by atoms with van der Waals surface area (Å²) in [5.41, 5.74) is 1.80. The molecule has 0 N–H and O–H groups in total. The van der Waals surface area contributed by atoms with E-state index >= 15 is 0 Å². The number of hydrogen-bond donors (Lipinski definition) is 0. The highest BCUT2D eigenvalue weighted by molar-refractivity contribution is 5.98. The Hall–Kier alpha value is -1.05. The molecule has 0 bridgehead atoms. The molecule has 0 spiro atoms. The number of aryl methyl sites for hydroxylation is 2. The van der Waals surface area contributed by atoms with Gasteiger partial charge in [0.1, 0.15) is 11.5 Å². The summed E-state index contributed by atoms with van der Waals surface area (Å²) in [4.78, 5) is 11.9. The Bertz CT molecular complexity index is 359. The molecule has 0 aliphatic carbocycles. The Balaban J connectivity index is 2.82. The van der Waals surface area contributed by atoms with Crippen molar-refractivity contribution >= 4 is 5.78 Å². The Labute approximate surface area is 91.7 Å². The summed E-state index contributed by atoms with van der Waals surface area (Å²) < 4.78 is 5.45. The molecular formula is C13H20O2. The highest BCUT2D eigenvalue weighted by atomic mass is 16.3. The van der Waals surface area contributed by atoms with Gasteiger partial charge in [-0.3, -0.25) is 4.79 Å². The van der Waals surface area contributed by atoms with Gasteiger partial charge in [0, 0.05) is 12.0 Å². The maximum atomic E-state index is 11.9. The van der Waals surface area contributed by atoms with Crippen LogP contribution in [0.15, 0.2) is 4.42 Å². The summed E-state index contributed by atoms with van der Waals surface area (Å²) >= 11 is 0. The average molecular weight is 208 g/mol. The molecule has 0 aromatic carbocycles. The minimum absolute atomic E-state index is 0.218. The van der Waals surface area contributed by atoms with Crippen molar-refractivity contribution in [1.29, 1.82) is 0 Å². The van der Waals surface area contributed by atoms with Gasteiger partial charge in [0.05, 0.1) is 5.56 Å². The lowest BCUT2D eigenvalue weighted by Gasteiger charge is -2.03. The fraction of sp³-hybridized carbons (Fsp3) is 0.615. The molecule has 0 aliphatic rings. The zero-order chi connectivity index (χ0) is 11.6. The summed E-state index contributed by atoms with van der Waals surface area (Å²) in [6.07, 6.45) is 1.57. The minimum atomic E-state index is 0.218. The van der Waals surface area contributed by atoms with Gasteiger partial charge in [-0.15, -0.1) is 0 Å². The van der Waals surface area contributed by atoms with Gasteiger partial charge in [-0.2, -0.15) is 0 Å². The number of rotatable bonds is 4. The van der Waals surface area contributed by atoms with E-state index < -0.39 is 0 Å². The van der Waals surface area contributed by atoms with Crippen LogP contribution in [0.2, 0.25) is 0 Å². The van der Waals surface area contributed by atoms with E-state index in [1.807, 2.05) is 20.8 Å². The predicted octanol–water partition coefficient (Wildman–Crippen LogP) is 3.82. The maximum Gasteiger partial charge on any atom is 0.166 e. The van der Waals surface area contributed by atoms with Gasteiger partial charge in [0.25, 0.3) is 0 Å². The van der Waals surface area contributed by atoms with Crippen LogP contribution in [0.4, 0.5) is 0 Å². The number of carbonyl (C=O) groups is 1. The molecule has 0 saturated carbocycles. The van der Waals surface area contributed by atoms with Crippen LogP contribution in [0.1, 0.15) is 54.1 Å². The summed E-state index contributed by atoms with van der Waals surface area (Å²) in [5, 5.41) is 0. The molecule has 1 rings (SSSR count). The molecule has 0 atom stereocenters. The second-order valence-corrected chi connectivity index (χ2v) is 4.57. The van der Waals surface area contributed by atoms with E-state index in [0.717, 1.165) is 29.1 Å². The van der Waals surface area contributed by atoms with E-state index in [2.05, 4.69) is 13.8 Å². The lowest BCUT2D eigenvalue weighted by molar-refractivity contribution is 0.0973. The summed E-state index contributed by atoms with van der Waals surface area (Å²) in [6, 6.07) is 0. The van der Waals surface area contributed by atoms with Crippen molar-refractivity contribution in [2.45, 2.75) is 47.5 Å². The fourth-order valence-electron chi connectivity index (χ4n) is 1.75. The smallest absolute Gasteiger partial charge is 0.166 e. The SMILES string of the molecule is Cc1oc(C)c(C(=O)CCC(C)C)c1C. The van der Waals surface area contributed by atoms with Crippen LogP contribution in [0.5, 0.6) is 0 Å².